The van der Waals surface area contributed by atoms with E-state index in [0.29, 0.717) is 6.54 Å². The molecule has 0 bridgehead atoms. The van der Waals surface area contributed by atoms with Crippen LogP contribution < -0.4 is 5.73 Å². The van der Waals surface area contributed by atoms with Crippen LogP contribution in [0.4, 0.5) is 0 Å². The van der Waals surface area contributed by atoms with Gasteiger partial charge in [-0.15, -0.1) is 10.2 Å². The van der Waals surface area contributed by atoms with Crippen LogP contribution in [0.1, 0.15) is 5.76 Å². The van der Waals surface area contributed by atoms with Crippen molar-refractivity contribution in [3.05, 3.63) is 24.2 Å². The van der Waals surface area contributed by atoms with Crippen LogP contribution in [0.15, 0.2) is 33.1 Å². The quantitative estimate of drug-likeness (QED) is 0.819. The molecule has 14 heavy (non-hydrogen) atoms. The molecule has 0 saturated carbocycles. The number of aryl methyl sites for hydroxylation is 1. The fourth-order valence-corrected chi connectivity index (χ4v) is 1.72. The van der Waals surface area contributed by atoms with Crippen LogP contribution in [-0.4, -0.2) is 14.8 Å². The van der Waals surface area contributed by atoms with Crippen molar-refractivity contribution in [1.29, 1.82) is 0 Å². The molecule has 0 fully saturated rings. The van der Waals surface area contributed by atoms with Crippen molar-refractivity contribution in [2.45, 2.75) is 16.8 Å². The highest BCUT2D eigenvalue weighted by Crippen LogP contribution is 2.26. The average molecular weight is 210 g/mol. The van der Waals surface area contributed by atoms with Crippen molar-refractivity contribution in [3.63, 3.8) is 0 Å². The van der Waals surface area contributed by atoms with Crippen molar-refractivity contribution in [2.75, 3.05) is 0 Å². The highest BCUT2D eigenvalue weighted by molar-refractivity contribution is 7.99. The van der Waals surface area contributed by atoms with E-state index >= 15 is 0 Å². The fourth-order valence-electron chi connectivity index (χ4n) is 0.978. The molecule has 0 atom stereocenters. The minimum absolute atomic E-state index is 0.416. The normalized spacial score (nSPS) is 10.7. The second-order valence-electron chi connectivity index (χ2n) is 2.75. The molecule has 0 aromatic carbocycles. The lowest BCUT2D eigenvalue weighted by Crippen LogP contribution is -1.92. The van der Waals surface area contributed by atoms with Crippen molar-refractivity contribution in [2.24, 2.45) is 12.8 Å². The Hall–Kier alpha value is -1.27. The van der Waals surface area contributed by atoms with Gasteiger partial charge in [-0.05, 0) is 23.9 Å². The molecular formula is C8H10N4OS. The summed E-state index contributed by atoms with van der Waals surface area (Å²) in [5, 5.41) is 9.28. The van der Waals surface area contributed by atoms with E-state index in [1.807, 2.05) is 23.7 Å². The zero-order valence-corrected chi connectivity index (χ0v) is 8.49. The summed E-state index contributed by atoms with van der Waals surface area (Å²) in [6, 6.07) is 3.74. The van der Waals surface area contributed by atoms with Gasteiger partial charge in [-0.25, -0.2) is 0 Å². The Morgan fingerprint density at radius 1 is 1.57 bits per heavy atom. The van der Waals surface area contributed by atoms with Gasteiger partial charge in [0, 0.05) is 7.05 Å². The summed E-state index contributed by atoms with van der Waals surface area (Å²) in [6.07, 6.45) is 1.65. The van der Waals surface area contributed by atoms with Crippen LogP contribution in [0, 0.1) is 0 Å². The number of hydrogen-bond donors (Lipinski definition) is 1. The van der Waals surface area contributed by atoms with Gasteiger partial charge in [-0.1, -0.05) is 0 Å². The average Bonchev–Trinajstić information content (AvgIpc) is 2.77. The lowest BCUT2D eigenvalue weighted by Gasteiger charge is -1.95. The first-order valence-corrected chi connectivity index (χ1v) is 4.92. The lowest BCUT2D eigenvalue weighted by molar-refractivity contribution is 0.432. The Labute approximate surface area is 85.3 Å². The summed E-state index contributed by atoms with van der Waals surface area (Å²) in [7, 11) is 1.88. The number of furan rings is 1. The van der Waals surface area contributed by atoms with E-state index in [2.05, 4.69) is 10.2 Å². The van der Waals surface area contributed by atoms with Crippen LogP contribution in [0.25, 0.3) is 0 Å². The minimum Gasteiger partial charge on any atom is -0.453 e. The second-order valence-corrected chi connectivity index (χ2v) is 3.72. The Bertz CT molecular complexity index is 422. The maximum atomic E-state index is 5.43. The van der Waals surface area contributed by atoms with Crippen LogP contribution in [0.2, 0.25) is 0 Å². The van der Waals surface area contributed by atoms with Gasteiger partial charge in [0.1, 0.15) is 12.1 Å². The largest absolute Gasteiger partial charge is 0.453 e. The third kappa shape index (κ3) is 1.80. The van der Waals surface area contributed by atoms with Gasteiger partial charge in [0.2, 0.25) is 0 Å². The molecule has 0 aliphatic heterocycles. The monoisotopic (exact) mass is 210 g/mol. The Morgan fingerprint density at radius 2 is 2.43 bits per heavy atom. The molecule has 74 valence electrons. The van der Waals surface area contributed by atoms with Crippen molar-refractivity contribution in [1.82, 2.24) is 14.8 Å². The summed E-state index contributed by atoms with van der Waals surface area (Å²) in [4.78, 5) is 0. The molecule has 6 heteroatoms. The topological polar surface area (TPSA) is 69.9 Å². The molecule has 2 heterocycles. The van der Waals surface area contributed by atoms with Gasteiger partial charge >= 0.3 is 0 Å². The van der Waals surface area contributed by atoms with Gasteiger partial charge in [-0.2, -0.15) is 0 Å². The van der Waals surface area contributed by atoms with Gasteiger partial charge in [0.25, 0.3) is 0 Å². The van der Waals surface area contributed by atoms with Crippen LogP contribution >= 0.6 is 11.8 Å². The highest BCUT2D eigenvalue weighted by atomic mass is 32.2. The molecule has 0 radical (unpaired) electrons. The molecule has 5 nitrogen and oxygen atoms in total. The lowest BCUT2D eigenvalue weighted by atomic mass is 10.5. The van der Waals surface area contributed by atoms with Gasteiger partial charge < -0.3 is 14.7 Å². The standard InChI is InChI=1S/C8H10N4OS/c1-12-5-10-11-8(12)14-7-3-2-6(4-9)13-7/h2-3,5H,4,9H2,1H3. The van der Waals surface area contributed by atoms with E-state index in [1.54, 1.807) is 6.33 Å². The highest BCUT2D eigenvalue weighted by Gasteiger charge is 2.07. The summed E-state index contributed by atoms with van der Waals surface area (Å²) >= 11 is 1.42. The van der Waals surface area contributed by atoms with Crippen molar-refractivity contribution >= 4 is 11.8 Å². The molecule has 0 aliphatic carbocycles. The van der Waals surface area contributed by atoms with Crippen LogP contribution in [0.5, 0.6) is 0 Å². The third-order valence-electron chi connectivity index (χ3n) is 1.70. The molecule has 0 saturated heterocycles. The van der Waals surface area contributed by atoms with E-state index in [9.17, 15) is 0 Å². The third-order valence-corrected chi connectivity index (χ3v) is 2.67. The van der Waals surface area contributed by atoms with Gasteiger partial charge in [0.05, 0.1) is 6.54 Å². The Morgan fingerprint density at radius 3 is 3.00 bits per heavy atom. The summed E-state index contributed by atoms with van der Waals surface area (Å²) < 4.78 is 7.25. The Balaban J connectivity index is 2.15. The maximum absolute atomic E-state index is 5.43. The SMILES string of the molecule is Cn1cnnc1Sc1ccc(CN)o1. The van der Waals surface area contributed by atoms with E-state index < -0.39 is 0 Å². The zero-order valence-electron chi connectivity index (χ0n) is 7.67. The first kappa shape index (κ1) is 9.29. The summed E-state index contributed by atoms with van der Waals surface area (Å²) in [6.45, 7) is 0.416. The molecule has 0 spiro atoms. The number of nitrogens with zero attached hydrogens (tertiary/aromatic N) is 3. The maximum Gasteiger partial charge on any atom is 0.198 e. The van der Waals surface area contributed by atoms with Crippen LogP contribution in [-0.2, 0) is 13.6 Å². The van der Waals surface area contributed by atoms with E-state index in [1.165, 1.54) is 11.8 Å². The number of rotatable bonds is 3. The van der Waals surface area contributed by atoms with Crippen molar-refractivity contribution < 1.29 is 4.42 Å². The summed E-state index contributed by atoms with van der Waals surface area (Å²) in [5.41, 5.74) is 5.43. The first-order valence-electron chi connectivity index (χ1n) is 4.10. The zero-order chi connectivity index (χ0) is 9.97. The minimum atomic E-state index is 0.416. The van der Waals surface area contributed by atoms with E-state index in [-0.39, 0.29) is 0 Å². The number of hydrogen-bond acceptors (Lipinski definition) is 5. The van der Waals surface area contributed by atoms with E-state index in [0.717, 1.165) is 16.0 Å². The number of aromatic nitrogens is 3. The smallest absolute Gasteiger partial charge is 0.198 e. The van der Waals surface area contributed by atoms with Gasteiger partial charge in [0.15, 0.2) is 10.2 Å². The second kappa shape index (κ2) is 3.85. The molecule has 2 aromatic heterocycles. The Kier molecular flexibility index (Phi) is 2.55. The molecule has 0 aliphatic rings. The molecule has 2 N–H and O–H groups in total. The molecule has 2 rings (SSSR count). The number of nitrogens with two attached hydrogens (primary N) is 1. The van der Waals surface area contributed by atoms with Crippen molar-refractivity contribution in [3.8, 4) is 0 Å². The van der Waals surface area contributed by atoms with Gasteiger partial charge in [-0.3, -0.25) is 0 Å². The molecular weight excluding hydrogens is 200 g/mol. The fraction of sp³-hybridized carbons (Fsp3) is 0.250. The molecule has 0 amide bonds. The predicted molar refractivity (Wildman–Crippen MR) is 51.7 cm³/mol. The van der Waals surface area contributed by atoms with Crippen LogP contribution in [0.3, 0.4) is 0 Å². The predicted octanol–water partition coefficient (Wildman–Crippen LogP) is 1.02. The molecule has 0 unspecified atom stereocenters. The summed E-state index contributed by atoms with van der Waals surface area (Å²) in [5.74, 6) is 0.773. The first-order chi connectivity index (χ1) is 6.79. The molecule has 2 aromatic rings. The van der Waals surface area contributed by atoms with E-state index in [4.69, 9.17) is 10.2 Å².